The van der Waals surface area contributed by atoms with Gasteiger partial charge in [0.1, 0.15) is 5.75 Å². The zero-order chi connectivity index (χ0) is 18.6. The Morgan fingerprint density at radius 1 is 0.964 bits per heavy atom. The minimum absolute atomic E-state index is 0. The number of thioether (sulfide) groups is 1. The van der Waals surface area contributed by atoms with Gasteiger partial charge in [0.15, 0.2) is 10.7 Å². The number of ether oxygens (including phenoxy) is 1. The molecule has 28 heavy (non-hydrogen) atoms. The highest BCUT2D eigenvalue weighted by atomic mass is 79.9. The van der Waals surface area contributed by atoms with E-state index >= 15 is 0 Å². The molecule has 1 N–H and O–H groups in total. The number of halogens is 1. The molecule has 1 aliphatic heterocycles. The van der Waals surface area contributed by atoms with Crippen LogP contribution in [0.2, 0.25) is 0 Å². The van der Waals surface area contributed by atoms with Gasteiger partial charge >= 0.3 is 0 Å². The number of nitrogens with zero attached hydrogens (tertiary/aromatic N) is 1. The summed E-state index contributed by atoms with van der Waals surface area (Å²) in [5, 5.41) is 3.91. The maximum absolute atomic E-state index is 5.15. The zero-order valence-corrected chi connectivity index (χ0v) is 18.1. The number of hydrogen-bond donors (Lipinski definition) is 1. The van der Waals surface area contributed by atoms with Crippen molar-refractivity contribution in [2.45, 2.75) is 4.90 Å². The van der Waals surface area contributed by atoms with Crippen LogP contribution >= 0.6 is 11.8 Å². The van der Waals surface area contributed by atoms with Gasteiger partial charge < -0.3 is 21.7 Å². The van der Waals surface area contributed by atoms with Crippen LogP contribution in [0.1, 0.15) is 0 Å². The van der Waals surface area contributed by atoms with Crippen molar-refractivity contribution >= 4 is 40.1 Å². The van der Waals surface area contributed by atoms with Gasteiger partial charge in [-0.2, -0.15) is 0 Å². The number of fused-ring (bicyclic) bond motifs is 3. The van der Waals surface area contributed by atoms with E-state index in [0.717, 1.165) is 11.4 Å². The quantitative estimate of drug-likeness (QED) is 0.611. The molecule has 3 aromatic rings. The molecule has 0 spiro atoms. The summed E-state index contributed by atoms with van der Waals surface area (Å²) >= 11 is 1.83. The second-order valence-electron chi connectivity index (χ2n) is 6.28. The van der Waals surface area contributed by atoms with Gasteiger partial charge in [-0.25, -0.2) is 0 Å². The summed E-state index contributed by atoms with van der Waals surface area (Å²) < 4.78 is 5.15. The smallest absolute Gasteiger partial charge is 0.175 e. The van der Waals surface area contributed by atoms with Crippen molar-refractivity contribution in [2.75, 3.05) is 14.2 Å². The molecule has 0 aliphatic carbocycles. The Kier molecular flexibility index (Phi) is 6.73. The van der Waals surface area contributed by atoms with Crippen molar-refractivity contribution in [3.8, 4) is 5.75 Å². The molecule has 1 atom stereocenters. The van der Waals surface area contributed by atoms with Gasteiger partial charge in [-0.1, -0.05) is 30.3 Å². The van der Waals surface area contributed by atoms with Gasteiger partial charge in [-0.05, 0) is 59.6 Å². The van der Waals surface area contributed by atoms with Crippen LogP contribution in [0.5, 0.6) is 5.75 Å². The molecule has 3 aromatic carbocycles. The number of rotatable bonds is 4. The van der Waals surface area contributed by atoms with E-state index in [1.165, 1.54) is 31.3 Å². The predicted octanol–water partition coefficient (Wildman–Crippen LogP) is 1.90. The highest BCUT2D eigenvalue weighted by Crippen LogP contribution is 2.39. The molecular formula is C23H21BrN2OS. The zero-order valence-electron chi connectivity index (χ0n) is 15.7. The number of methoxy groups -OCH3 is 1. The first-order chi connectivity index (χ1) is 13.3. The third kappa shape index (κ3) is 4.22. The highest BCUT2D eigenvalue weighted by Gasteiger charge is 2.29. The molecule has 0 amide bonds. The molecule has 142 valence electrons. The molecule has 5 heteroatoms. The average molecular weight is 453 g/mol. The second-order valence-corrected chi connectivity index (χ2v) is 7.36. The van der Waals surface area contributed by atoms with Crippen molar-refractivity contribution in [2.24, 2.45) is 4.99 Å². The molecule has 1 heterocycles. The van der Waals surface area contributed by atoms with E-state index in [4.69, 9.17) is 4.74 Å². The summed E-state index contributed by atoms with van der Waals surface area (Å²) in [5.41, 5.74) is 2.27. The molecule has 0 bridgehead atoms. The number of aliphatic imine (C=N–C) groups is 1. The van der Waals surface area contributed by atoms with Crippen molar-refractivity contribution in [1.82, 2.24) is 0 Å². The maximum atomic E-state index is 5.15. The average Bonchev–Trinajstić information content (AvgIpc) is 3.04. The van der Waals surface area contributed by atoms with Crippen LogP contribution in [0, 0.1) is 0 Å². The highest BCUT2D eigenvalue weighted by molar-refractivity contribution is 8.03. The minimum atomic E-state index is 0. The van der Waals surface area contributed by atoms with E-state index in [-0.39, 0.29) is 17.0 Å². The normalized spacial score (nSPS) is 17.4. The fourth-order valence-electron chi connectivity index (χ4n) is 3.19. The fraction of sp³-hybridized carbons (Fsp3) is 0.0870. The lowest BCUT2D eigenvalue weighted by molar-refractivity contribution is -0.754. The van der Waals surface area contributed by atoms with Crippen LogP contribution in [0.3, 0.4) is 0 Å². The largest absolute Gasteiger partial charge is 1.00 e. The molecule has 0 fully saturated rings. The topological polar surface area (TPSA) is 26.0 Å². The predicted molar refractivity (Wildman–Crippen MR) is 115 cm³/mol. The van der Waals surface area contributed by atoms with Crippen molar-refractivity contribution in [1.29, 1.82) is 0 Å². The summed E-state index contributed by atoms with van der Waals surface area (Å²) in [5.74, 6) is 0.839. The molecule has 1 aliphatic rings. The first kappa shape index (κ1) is 20.4. The maximum Gasteiger partial charge on any atom is 0.175 e. The number of quaternary nitrogens is 1. The summed E-state index contributed by atoms with van der Waals surface area (Å²) in [4.78, 5) is 7.10. The lowest BCUT2D eigenvalue weighted by Crippen LogP contribution is -3.00. The molecule has 0 saturated carbocycles. The van der Waals surface area contributed by atoms with Crippen LogP contribution in [-0.2, 0) is 0 Å². The summed E-state index contributed by atoms with van der Waals surface area (Å²) in [6.45, 7) is 0. The monoisotopic (exact) mass is 452 g/mol. The number of hydrogen-bond acceptors (Lipinski definition) is 3. The van der Waals surface area contributed by atoms with E-state index in [1.807, 2.05) is 54.4 Å². The molecule has 0 saturated heterocycles. The van der Waals surface area contributed by atoms with Gasteiger partial charge in [0, 0.05) is 17.7 Å². The molecular weight excluding hydrogens is 432 g/mol. The Balaban J connectivity index is 0.00000225. The van der Waals surface area contributed by atoms with Gasteiger partial charge in [-0.15, -0.1) is 0 Å². The Morgan fingerprint density at radius 3 is 2.54 bits per heavy atom. The van der Waals surface area contributed by atoms with Crippen molar-refractivity contribution < 1.29 is 26.6 Å². The fourth-order valence-corrected chi connectivity index (χ4v) is 4.33. The van der Waals surface area contributed by atoms with Gasteiger partial charge in [0.25, 0.3) is 0 Å². The van der Waals surface area contributed by atoms with E-state index in [9.17, 15) is 0 Å². The summed E-state index contributed by atoms with van der Waals surface area (Å²) in [6, 6.07) is 20.7. The van der Waals surface area contributed by atoms with E-state index in [2.05, 4.69) is 54.5 Å². The van der Waals surface area contributed by atoms with Gasteiger partial charge in [0.05, 0.1) is 24.7 Å². The second kappa shape index (κ2) is 9.24. The van der Waals surface area contributed by atoms with Gasteiger partial charge in [0.2, 0.25) is 0 Å². The molecule has 0 aromatic heterocycles. The Morgan fingerprint density at radius 2 is 1.75 bits per heavy atom. The van der Waals surface area contributed by atoms with E-state index in [0.29, 0.717) is 0 Å². The molecule has 1 unspecified atom stereocenters. The first-order valence-corrected chi connectivity index (χ1v) is 9.67. The van der Waals surface area contributed by atoms with E-state index in [1.54, 1.807) is 7.11 Å². The third-order valence-corrected chi connectivity index (χ3v) is 5.82. The Bertz CT molecular complexity index is 1060. The van der Waals surface area contributed by atoms with Crippen molar-refractivity contribution in [3.05, 3.63) is 83.9 Å². The van der Waals surface area contributed by atoms with Crippen LogP contribution < -0.4 is 26.6 Å². The molecule has 3 nitrogen and oxygen atoms in total. The lowest BCUT2D eigenvalue weighted by Gasteiger charge is -2.09. The SMILES string of the molecule is COc1ccc(N=C/C=C/C=C2/Sc3ccc4ccccc4c3[NH+]2C)cc1.[Br-]. The summed E-state index contributed by atoms with van der Waals surface area (Å²) in [6.07, 6.45) is 7.99. The lowest BCUT2D eigenvalue weighted by atomic mass is 10.1. The standard InChI is InChI=1S/C23H20N2OS.BrH/c1-25-22(9-5-6-16-24-18-11-13-19(26-2)14-12-18)27-21-15-10-17-7-3-4-8-20(17)23(21)25;/h3-16H,1-2H3;1H/b6-5+,22-9+,24-16?;. The van der Waals surface area contributed by atoms with Crippen LogP contribution in [-0.4, -0.2) is 20.4 Å². The first-order valence-electron chi connectivity index (χ1n) is 8.85. The van der Waals surface area contributed by atoms with Crippen LogP contribution in [0.25, 0.3) is 10.8 Å². The third-order valence-electron chi connectivity index (χ3n) is 4.60. The number of benzene rings is 3. The van der Waals surface area contributed by atoms with Crippen LogP contribution in [0.15, 0.2) is 93.8 Å². The number of allylic oxidation sites excluding steroid dienone is 3. The molecule has 4 rings (SSSR count). The number of nitrogens with one attached hydrogen (secondary N) is 1. The summed E-state index contributed by atoms with van der Waals surface area (Å²) in [7, 11) is 3.87. The van der Waals surface area contributed by atoms with Crippen molar-refractivity contribution in [3.63, 3.8) is 0 Å². The minimum Gasteiger partial charge on any atom is -1.00 e. The van der Waals surface area contributed by atoms with Gasteiger partial charge in [-0.3, -0.25) is 9.89 Å². The Labute approximate surface area is 180 Å². The molecule has 0 radical (unpaired) electrons. The van der Waals surface area contributed by atoms with E-state index < -0.39 is 0 Å². The van der Waals surface area contributed by atoms with Crippen LogP contribution in [0.4, 0.5) is 11.4 Å². The Hall–Kier alpha value is -2.34.